The Labute approximate surface area is 295 Å². The Balaban J connectivity index is 1.44. The Morgan fingerprint density at radius 1 is 0.440 bits per heavy atom. The monoisotopic (exact) mass is 658 g/mol. The van der Waals surface area contributed by atoms with Crippen LogP contribution < -0.4 is 0 Å². The summed E-state index contributed by atoms with van der Waals surface area (Å²) in [6.45, 7) is 5.44. The van der Waals surface area contributed by atoms with Crippen molar-refractivity contribution in [1.29, 1.82) is 10.5 Å². The Bertz CT molecular complexity index is 1860. The van der Waals surface area contributed by atoms with Gasteiger partial charge in [-0.1, -0.05) is 125 Å². The van der Waals surface area contributed by atoms with E-state index >= 15 is 0 Å². The van der Waals surface area contributed by atoms with Crippen molar-refractivity contribution in [2.45, 2.75) is 65.2 Å². The lowest BCUT2D eigenvalue weighted by Gasteiger charge is -2.25. The van der Waals surface area contributed by atoms with E-state index in [4.69, 9.17) is 0 Å². The lowest BCUT2D eigenvalue weighted by Crippen LogP contribution is -2.31. The number of nitriles is 2. The van der Waals surface area contributed by atoms with Gasteiger partial charge in [0.15, 0.2) is 0 Å². The van der Waals surface area contributed by atoms with Gasteiger partial charge in [-0.2, -0.15) is 10.5 Å². The lowest BCUT2D eigenvalue weighted by molar-refractivity contribution is -0.124. The number of nitrogens with zero attached hydrogens (tertiary/aromatic N) is 4. The van der Waals surface area contributed by atoms with Gasteiger partial charge in [0.2, 0.25) is 0 Å². The van der Waals surface area contributed by atoms with Gasteiger partial charge in [-0.05, 0) is 70.5 Å². The number of carbonyl (C=O) groups excluding carboxylic acids is 2. The summed E-state index contributed by atoms with van der Waals surface area (Å²) in [7, 11) is 0. The first-order valence-electron chi connectivity index (χ1n) is 17.8. The fourth-order valence-electron chi connectivity index (χ4n) is 6.93. The Kier molecular flexibility index (Phi) is 10.7. The molecule has 0 spiro atoms. The third kappa shape index (κ3) is 6.89. The first-order valence-corrected chi connectivity index (χ1v) is 17.8. The highest BCUT2D eigenvalue weighted by molar-refractivity contribution is 6.30. The molecule has 0 bridgehead atoms. The molecule has 250 valence electrons. The van der Waals surface area contributed by atoms with Crippen molar-refractivity contribution in [3.8, 4) is 34.4 Å². The Hall–Kier alpha value is -5.72. The molecule has 0 saturated carbocycles. The van der Waals surface area contributed by atoms with Crippen LogP contribution in [0.4, 0.5) is 0 Å². The molecule has 2 aliphatic rings. The standard InChI is InChI=1S/C44H42N4O2/c1-3-5-7-9-27-47-41(37-23-19-35(20-24-37)33-15-11-31(29-45)12-16-33)39-40(43(47)49)42(48(44(39)50)28-10-8-6-4-2)38-25-21-36(22-26-38)34-17-13-32(30-46)14-18-34/h11-26H,3-10,27-28H2,1-2H3. The van der Waals surface area contributed by atoms with Crippen molar-refractivity contribution < 1.29 is 9.59 Å². The zero-order valence-electron chi connectivity index (χ0n) is 28.9. The summed E-state index contributed by atoms with van der Waals surface area (Å²) in [5.41, 5.74) is 9.27. The SMILES string of the molecule is CCCCCCN1C(=O)C2=C(c3ccc(-c4ccc(C#N)cc4)cc3)N(CCCCCC)C(=O)C2=C1c1ccc(-c2ccc(C#N)cc2)cc1. The first-order chi connectivity index (χ1) is 24.5. The number of unbranched alkanes of at least 4 members (excludes halogenated alkanes) is 6. The molecule has 6 heteroatoms. The summed E-state index contributed by atoms with van der Waals surface area (Å²) in [6, 6.07) is 35.4. The predicted molar refractivity (Wildman–Crippen MR) is 199 cm³/mol. The maximum atomic E-state index is 14.6. The fourth-order valence-corrected chi connectivity index (χ4v) is 6.93. The van der Waals surface area contributed by atoms with Gasteiger partial charge < -0.3 is 9.80 Å². The van der Waals surface area contributed by atoms with Crippen LogP contribution in [0.2, 0.25) is 0 Å². The molecule has 0 unspecified atom stereocenters. The van der Waals surface area contributed by atoms with Gasteiger partial charge >= 0.3 is 0 Å². The third-order valence-electron chi connectivity index (χ3n) is 9.66. The molecule has 4 aromatic rings. The molecule has 0 atom stereocenters. The van der Waals surface area contributed by atoms with Crippen molar-refractivity contribution >= 4 is 23.2 Å². The van der Waals surface area contributed by atoms with Crippen LogP contribution in [0.15, 0.2) is 108 Å². The number of benzene rings is 4. The van der Waals surface area contributed by atoms with Crippen LogP contribution in [0.3, 0.4) is 0 Å². The minimum absolute atomic E-state index is 0.113. The van der Waals surface area contributed by atoms with E-state index in [1.807, 2.05) is 107 Å². The fraction of sp³-hybridized carbons (Fsp3) is 0.273. The van der Waals surface area contributed by atoms with Crippen molar-refractivity contribution in [1.82, 2.24) is 9.80 Å². The quantitative estimate of drug-likeness (QED) is 0.126. The van der Waals surface area contributed by atoms with Gasteiger partial charge in [0.05, 0.1) is 45.8 Å². The highest BCUT2D eigenvalue weighted by Gasteiger charge is 2.48. The molecule has 2 amide bonds. The molecule has 6 nitrogen and oxygen atoms in total. The number of hydrogen-bond acceptors (Lipinski definition) is 4. The van der Waals surface area contributed by atoms with E-state index in [1.165, 1.54) is 0 Å². The number of hydrogen-bond donors (Lipinski definition) is 0. The second-order valence-electron chi connectivity index (χ2n) is 13.0. The van der Waals surface area contributed by atoms with Gasteiger partial charge in [0.1, 0.15) is 0 Å². The zero-order chi connectivity index (χ0) is 35.0. The number of fused-ring (bicyclic) bond motifs is 1. The van der Waals surface area contributed by atoms with Crippen LogP contribution in [0.1, 0.15) is 87.5 Å². The molecule has 0 radical (unpaired) electrons. The average Bonchev–Trinajstić information content (AvgIpc) is 3.61. The Morgan fingerprint density at radius 2 is 0.740 bits per heavy atom. The minimum Gasteiger partial charge on any atom is -0.307 e. The molecule has 0 saturated heterocycles. The van der Waals surface area contributed by atoms with Gasteiger partial charge in [0.25, 0.3) is 11.8 Å². The smallest absolute Gasteiger partial charge is 0.261 e. The van der Waals surface area contributed by atoms with Crippen LogP contribution in [0.25, 0.3) is 33.6 Å². The van der Waals surface area contributed by atoms with Crippen LogP contribution >= 0.6 is 0 Å². The molecule has 0 aliphatic carbocycles. The maximum absolute atomic E-state index is 14.6. The molecule has 0 N–H and O–H groups in total. The van der Waals surface area contributed by atoms with Crippen molar-refractivity contribution in [3.05, 3.63) is 130 Å². The molecular weight excluding hydrogens is 617 g/mol. The van der Waals surface area contributed by atoms with Gasteiger partial charge in [-0.3, -0.25) is 9.59 Å². The second-order valence-corrected chi connectivity index (χ2v) is 13.0. The summed E-state index contributed by atoms with van der Waals surface area (Å²) < 4.78 is 0. The highest BCUT2D eigenvalue weighted by Crippen LogP contribution is 2.47. The van der Waals surface area contributed by atoms with Gasteiger partial charge in [-0.25, -0.2) is 0 Å². The maximum Gasteiger partial charge on any atom is 0.261 e. The summed E-state index contributed by atoms with van der Waals surface area (Å²) in [6.07, 6.45) is 8.12. The number of carbonyl (C=O) groups is 2. The molecule has 50 heavy (non-hydrogen) atoms. The minimum atomic E-state index is -0.113. The molecule has 0 aromatic heterocycles. The largest absolute Gasteiger partial charge is 0.307 e. The molecule has 2 aliphatic heterocycles. The molecule has 4 aromatic carbocycles. The van der Waals surface area contributed by atoms with E-state index in [2.05, 4.69) is 26.0 Å². The number of amides is 2. The molecule has 0 fully saturated rings. The van der Waals surface area contributed by atoms with Crippen LogP contribution in [-0.2, 0) is 9.59 Å². The third-order valence-corrected chi connectivity index (χ3v) is 9.66. The summed E-state index contributed by atoms with van der Waals surface area (Å²) >= 11 is 0. The average molecular weight is 659 g/mol. The topological polar surface area (TPSA) is 88.2 Å². The van der Waals surface area contributed by atoms with Crippen LogP contribution in [0.5, 0.6) is 0 Å². The first kappa shape index (κ1) is 34.2. The number of rotatable bonds is 14. The molecule has 6 rings (SSSR count). The van der Waals surface area contributed by atoms with E-state index in [9.17, 15) is 20.1 Å². The lowest BCUT2D eigenvalue weighted by atomic mass is 9.98. The molecular formula is C44H42N4O2. The van der Waals surface area contributed by atoms with E-state index in [0.717, 1.165) is 84.7 Å². The molecule has 2 heterocycles. The Morgan fingerprint density at radius 3 is 1.04 bits per heavy atom. The van der Waals surface area contributed by atoms with E-state index < -0.39 is 0 Å². The zero-order valence-corrected chi connectivity index (χ0v) is 28.9. The van der Waals surface area contributed by atoms with Gasteiger partial charge in [-0.15, -0.1) is 0 Å². The van der Waals surface area contributed by atoms with E-state index in [0.29, 0.717) is 46.8 Å². The van der Waals surface area contributed by atoms with E-state index in [1.54, 1.807) is 0 Å². The van der Waals surface area contributed by atoms with Crippen LogP contribution in [0, 0.1) is 22.7 Å². The van der Waals surface area contributed by atoms with Crippen molar-refractivity contribution in [2.75, 3.05) is 13.1 Å². The predicted octanol–water partition coefficient (Wildman–Crippen LogP) is 9.73. The van der Waals surface area contributed by atoms with Gasteiger partial charge in [0, 0.05) is 13.1 Å². The summed E-state index contributed by atoms with van der Waals surface area (Å²) in [5.74, 6) is -0.225. The summed E-state index contributed by atoms with van der Waals surface area (Å²) in [4.78, 5) is 32.8. The van der Waals surface area contributed by atoms with Crippen LogP contribution in [-0.4, -0.2) is 34.7 Å². The van der Waals surface area contributed by atoms with Crippen molar-refractivity contribution in [2.24, 2.45) is 0 Å². The van der Waals surface area contributed by atoms with E-state index in [-0.39, 0.29) is 11.8 Å². The summed E-state index contributed by atoms with van der Waals surface area (Å²) in [5, 5.41) is 18.4. The second kappa shape index (κ2) is 15.7. The highest BCUT2D eigenvalue weighted by atomic mass is 16.2. The normalized spacial score (nSPS) is 14.0. The van der Waals surface area contributed by atoms with Crippen molar-refractivity contribution in [3.63, 3.8) is 0 Å².